The third-order valence-electron chi connectivity index (χ3n) is 7.21. The highest BCUT2D eigenvalue weighted by Gasteiger charge is 2.30. The van der Waals surface area contributed by atoms with E-state index in [-0.39, 0.29) is 34.7 Å². The Hall–Kier alpha value is -4.71. The Morgan fingerprint density at radius 3 is 2.67 bits per heavy atom. The molecule has 1 aliphatic heterocycles. The van der Waals surface area contributed by atoms with Gasteiger partial charge in [0.15, 0.2) is 5.82 Å². The molecule has 8 nitrogen and oxygen atoms in total. The summed E-state index contributed by atoms with van der Waals surface area (Å²) in [5, 5.41) is 10.2. The van der Waals surface area contributed by atoms with Crippen molar-refractivity contribution >= 4 is 22.8 Å². The van der Waals surface area contributed by atoms with Crippen LogP contribution in [-0.2, 0) is 4.79 Å². The number of halogens is 1. The highest BCUT2D eigenvalue weighted by atomic mass is 19.1. The maximum absolute atomic E-state index is 15.2. The van der Waals surface area contributed by atoms with Gasteiger partial charge in [-0.3, -0.25) is 4.79 Å². The number of likely N-dealkylation sites (tertiary alicyclic amines) is 1. The van der Waals surface area contributed by atoms with Crippen molar-refractivity contribution < 1.29 is 13.9 Å². The van der Waals surface area contributed by atoms with E-state index in [1.165, 1.54) is 6.07 Å². The van der Waals surface area contributed by atoms with Crippen molar-refractivity contribution in [2.75, 3.05) is 18.8 Å². The first kappa shape index (κ1) is 24.6. The molecule has 0 unspecified atom stereocenters. The second kappa shape index (κ2) is 10.2. The highest BCUT2D eigenvalue weighted by molar-refractivity contribution is 5.97. The van der Waals surface area contributed by atoms with Gasteiger partial charge in [0, 0.05) is 25.4 Å². The molecule has 4 aromatic rings. The summed E-state index contributed by atoms with van der Waals surface area (Å²) in [7, 11) is 0. The van der Waals surface area contributed by atoms with Crippen LogP contribution in [0, 0.1) is 23.1 Å². The number of nitrogens with two attached hydrogens (primary N) is 1. The number of rotatable bonds is 6. The first-order chi connectivity index (χ1) is 19.0. The molecule has 0 bridgehead atoms. The average molecular weight is 523 g/mol. The number of nitrogens with zero attached hydrogens (tertiary/aromatic N) is 5. The minimum Gasteiger partial charge on any atom is -0.457 e. The molecular weight excluding hydrogens is 495 g/mol. The molecule has 2 aromatic heterocycles. The summed E-state index contributed by atoms with van der Waals surface area (Å²) in [6.45, 7) is 1.05. The summed E-state index contributed by atoms with van der Waals surface area (Å²) in [4.78, 5) is 23.9. The maximum Gasteiger partial charge on any atom is 0.264 e. The van der Waals surface area contributed by atoms with E-state index in [0.29, 0.717) is 41.5 Å². The van der Waals surface area contributed by atoms with Crippen LogP contribution in [0.1, 0.15) is 31.7 Å². The third kappa shape index (κ3) is 5.06. The summed E-state index contributed by atoms with van der Waals surface area (Å²) in [6, 6.07) is 17.6. The number of ether oxygens (including phenoxy) is 1. The number of aromatic nitrogens is 3. The van der Waals surface area contributed by atoms with Crippen LogP contribution < -0.4 is 10.5 Å². The SMILES string of the molecule is N#C/C(=C\C1CC1)C(=O)N1CCC[C@H](n2ccc3c(N)nc(-c4ccc(Oc5ccccc5)cc4F)nc32)C1. The Morgan fingerprint density at radius 1 is 1.10 bits per heavy atom. The maximum atomic E-state index is 15.2. The molecular formula is C30H27FN6O2. The number of hydrogen-bond acceptors (Lipinski definition) is 6. The van der Waals surface area contributed by atoms with Crippen molar-refractivity contribution in [2.24, 2.45) is 5.92 Å². The molecule has 1 saturated carbocycles. The number of anilines is 1. The molecule has 1 saturated heterocycles. The van der Waals surface area contributed by atoms with E-state index in [9.17, 15) is 10.1 Å². The molecule has 196 valence electrons. The minimum absolute atomic E-state index is 0.0605. The van der Waals surface area contributed by atoms with Crippen LogP contribution in [0.3, 0.4) is 0 Å². The van der Waals surface area contributed by atoms with E-state index >= 15 is 4.39 Å². The zero-order valence-corrected chi connectivity index (χ0v) is 21.3. The molecule has 2 fully saturated rings. The number of nitriles is 1. The molecule has 39 heavy (non-hydrogen) atoms. The fourth-order valence-corrected chi connectivity index (χ4v) is 5.03. The Balaban J connectivity index is 1.28. The summed E-state index contributed by atoms with van der Waals surface area (Å²) in [6.07, 6.45) is 7.38. The van der Waals surface area contributed by atoms with Crippen molar-refractivity contribution in [1.82, 2.24) is 19.4 Å². The number of piperidine rings is 1. The smallest absolute Gasteiger partial charge is 0.264 e. The lowest BCUT2D eigenvalue weighted by atomic mass is 10.0. The molecule has 9 heteroatoms. The monoisotopic (exact) mass is 522 g/mol. The van der Waals surface area contributed by atoms with Crippen LogP contribution in [0.4, 0.5) is 10.2 Å². The second-order valence-corrected chi connectivity index (χ2v) is 10.0. The lowest BCUT2D eigenvalue weighted by Crippen LogP contribution is -2.41. The summed E-state index contributed by atoms with van der Waals surface area (Å²) < 4.78 is 22.9. The Bertz CT molecular complexity index is 1620. The van der Waals surface area contributed by atoms with Crippen LogP contribution in [0.15, 0.2) is 72.4 Å². The number of amides is 1. The molecule has 2 aromatic carbocycles. The molecule has 1 atom stereocenters. The molecule has 3 heterocycles. The second-order valence-electron chi connectivity index (χ2n) is 10.0. The number of fused-ring (bicyclic) bond motifs is 1. The van der Waals surface area contributed by atoms with Gasteiger partial charge in [-0.05, 0) is 61.9 Å². The predicted molar refractivity (Wildman–Crippen MR) is 145 cm³/mol. The van der Waals surface area contributed by atoms with E-state index in [1.54, 1.807) is 29.2 Å². The summed E-state index contributed by atoms with van der Waals surface area (Å²) in [5.74, 6) is 0.984. The average Bonchev–Trinajstić information content (AvgIpc) is 3.67. The van der Waals surface area contributed by atoms with Gasteiger partial charge in [0.2, 0.25) is 0 Å². The van der Waals surface area contributed by atoms with E-state index in [1.807, 2.05) is 41.1 Å². The lowest BCUT2D eigenvalue weighted by Gasteiger charge is -2.33. The Kier molecular flexibility index (Phi) is 6.45. The van der Waals surface area contributed by atoms with Crippen molar-refractivity contribution in [3.63, 3.8) is 0 Å². The zero-order chi connectivity index (χ0) is 26.9. The zero-order valence-electron chi connectivity index (χ0n) is 21.3. The molecule has 0 spiro atoms. The minimum atomic E-state index is -0.527. The van der Waals surface area contributed by atoms with Crippen molar-refractivity contribution in [1.29, 1.82) is 5.26 Å². The van der Waals surface area contributed by atoms with Gasteiger partial charge in [-0.25, -0.2) is 14.4 Å². The molecule has 0 radical (unpaired) electrons. The van der Waals surface area contributed by atoms with E-state index in [2.05, 4.69) is 11.1 Å². The van der Waals surface area contributed by atoms with E-state index in [4.69, 9.17) is 15.5 Å². The predicted octanol–water partition coefficient (Wildman–Crippen LogP) is 5.64. The van der Waals surface area contributed by atoms with Crippen LogP contribution in [0.25, 0.3) is 22.4 Å². The van der Waals surface area contributed by atoms with Gasteiger partial charge >= 0.3 is 0 Å². The highest BCUT2D eigenvalue weighted by Crippen LogP contribution is 2.34. The lowest BCUT2D eigenvalue weighted by molar-refractivity contribution is -0.128. The van der Waals surface area contributed by atoms with E-state index < -0.39 is 5.82 Å². The summed E-state index contributed by atoms with van der Waals surface area (Å²) in [5.41, 5.74) is 7.29. The molecule has 1 aliphatic carbocycles. The number of allylic oxidation sites excluding steroid dienone is 1. The van der Waals surface area contributed by atoms with Crippen molar-refractivity contribution in [3.05, 3.63) is 78.3 Å². The van der Waals surface area contributed by atoms with Crippen LogP contribution >= 0.6 is 0 Å². The van der Waals surface area contributed by atoms with Gasteiger partial charge in [0.25, 0.3) is 5.91 Å². The number of para-hydroxylation sites is 1. The van der Waals surface area contributed by atoms with Gasteiger partial charge in [0.1, 0.15) is 40.4 Å². The molecule has 1 amide bonds. The first-order valence-electron chi connectivity index (χ1n) is 13.1. The quantitative estimate of drug-likeness (QED) is 0.259. The normalized spacial score (nSPS) is 17.7. The number of carbonyl (C=O) groups is 1. The van der Waals surface area contributed by atoms with Crippen LogP contribution in [0.2, 0.25) is 0 Å². The Labute approximate surface area is 225 Å². The molecule has 2 N–H and O–H groups in total. The largest absolute Gasteiger partial charge is 0.457 e. The van der Waals surface area contributed by atoms with Gasteiger partial charge in [0.05, 0.1) is 17.0 Å². The molecule has 2 aliphatic rings. The molecule has 6 rings (SSSR count). The first-order valence-corrected chi connectivity index (χ1v) is 13.1. The van der Waals surface area contributed by atoms with Gasteiger partial charge in [-0.1, -0.05) is 24.3 Å². The van der Waals surface area contributed by atoms with Gasteiger partial charge in [-0.2, -0.15) is 5.26 Å². The van der Waals surface area contributed by atoms with Crippen molar-refractivity contribution in [2.45, 2.75) is 31.7 Å². The van der Waals surface area contributed by atoms with Crippen LogP contribution in [-0.4, -0.2) is 38.4 Å². The van der Waals surface area contributed by atoms with Gasteiger partial charge < -0.3 is 19.9 Å². The standard InChI is InChI=1S/C30H27FN6O2/c31-26-16-23(39-22-6-2-1-3-7-22)10-11-24(26)28-34-27(33)25-12-14-37(29(25)35-28)21-5-4-13-36(18-21)30(38)20(17-32)15-19-8-9-19/h1-3,6-7,10-12,14-16,19,21H,4-5,8-9,13,18H2,(H2,33,34,35)/b20-15+/t21-/m0/s1. The number of benzene rings is 2. The fraction of sp³-hybridized carbons (Fsp3) is 0.267. The Morgan fingerprint density at radius 2 is 1.92 bits per heavy atom. The number of nitrogen functional groups attached to an aromatic ring is 1. The van der Waals surface area contributed by atoms with Gasteiger partial charge in [-0.15, -0.1) is 0 Å². The number of hydrogen-bond donors (Lipinski definition) is 1. The van der Waals surface area contributed by atoms with E-state index in [0.717, 1.165) is 25.7 Å². The third-order valence-corrected chi connectivity index (χ3v) is 7.21. The summed E-state index contributed by atoms with van der Waals surface area (Å²) >= 11 is 0. The fourth-order valence-electron chi connectivity index (χ4n) is 5.03. The topological polar surface area (TPSA) is 110 Å². The van der Waals surface area contributed by atoms with Crippen molar-refractivity contribution in [3.8, 4) is 29.0 Å². The van der Waals surface area contributed by atoms with Crippen LogP contribution in [0.5, 0.6) is 11.5 Å². The number of carbonyl (C=O) groups excluding carboxylic acids is 1.